The first-order chi connectivity index (χ1) is 6.70. The lowest BCUT2D eigenvalue weighted by Crippen LogP contribution is -2.09. The van der Waals surface area contributed by atoms with Crippen molar-refractivity contribution in [1.29, 1.82) is 0 Å². The van der Waals surface area contributed by atoms with Crippen LogP contribution < -0.4 is 0 Å². The number of Topliss-reactive ketones (excluding diaryl/α,β-unsaturated/α-hetero) is 1. The van der Waals surface area contributed by atoms with Gasteiger partial charge in [0.2, 0.25) is 0 Å². The van der Waals surface area contributed by atoms with Crippen molar-refractivity contribution in [1.82, 2.24) is 0 Å². The number of hydrogen-bond acceptors (Lipinski definition) is 2. The molecule has 1 rings (SSSR count). The van der Waals surface area contributed by atoms with Crippen LogP contribution in [0.5, 0.6) is 0 Å². The fraction of sp³-hybridized carbons (Fsp3) is 0.250. The Hall–Kier alpha value is -1.41. The van der Waals surface area contributed by atoms with E-state index in [2.05, 4.69) is 6.58 Å². The summed E-state index contributed by atoms with van der Waals surface area (Å²) < 4.78 is 5.16. The van der Waals surface area contributed by atoms with E-state index in [0.29, 0.717) is 12.2 Å². The quantitative estimate of drug-likeness (QED) is 0.526. The van der Waals surface area contributed by atoms with Crippen LogP contribution in [-0.2, 0) is 4.74 Å². The third kappa shape index (κ3) is 3.54. The van der Waals surface area contributed by atoms with Crippen LogP contribution in [0.3, 0.4) is 0 Å². The zero-order valence-corrected chi connectivity index (χ0v) is 8.32. The topological polar surface area (TPSA) is 26.3 Å². The van der Waals surface area contributed by atoms with Crippen LogP contribution in [0.25, 0.3) is 0 Å². The minimum atomic E-state index is 0.00634. The highest BCUT2D eigenvalue weighted by atomic mass is 16.5. The average Bonchev–Trinajstić information content (AvgIpc) is 2.18. The first-order valence-electron chi connectivity index (χ1n) is 4.50. The molecule has 0 N–H and O–H groups in total. The zero-order chi connectivity index (χ0) is 10.4. The molecular formula is C12H14O2. The van der Waals surface area contributed by atoms with Gasteiger partial charge in [0.25, 0.3) is 0 Å². The Morgan fingerprint density at radius 3 is 2.50 bits per heavy atom. The van der Waals surface area contributed by atoms with Crippen molar-refractivity contribution in [3.63, 3.8) is 0 Å². The van der Waals surface area contributed by atoms with Gasteiger partial charge >= 0.3 is 0 Å². The molecule has 0 saturated carbocycles. The highest BCUT2D eigenvalue weighted by Crippen LogP contribution is 2.00. The summed E-state index contributed by atoms with van der Waals surface area (Å²) >= 11 is 0. The maximum absolute atomic E-state index is 11.5. The molecule has 74 valence electrons. The van der Waals surface area contributed by atoms with Crippen molar-refractivity contribution < 1.29 is 9.53 Å². The van der Waals surface area contributed by atoms with Gasteiger partial charge in [0.1, 0.15) is 6.61 Å². The summed E-state index contributed by atoms with van der Waals surface area (Å²) in [5, 5.41) is 0. The SMILES string of the molecule is C=C(C)COCC(=O)c1ccccc1. The van der Waals surface area contributed by atoms with E-state index in [9.17, 15) is 4.79 Å². The Morgan fingerprint density at radius 2 is 1.93 bits per heavy atom. The lowest BCUT2D eigenvalue weighted by molar-refractivity contribution is 0.0798. The third-order valence-corrected chi connectivity index (χ3v) is 1.68. The van der Waals surface area contributed by atoms with Crippen LogP contribution in [-0.4, -0.2) is 19.0 Å². The molecule has 0 aliphatic carbocycles. The van der Waals surface area contributed by atoms with Crippen molar-refractivity contribution in [3.05, 3.63) is 48.0 Å². The van der Waals surface area contributed by atoms with E-state index < -0.39 is 0 Å². The number of rotatable bonds is 5. The molecule has 0 spiro atoms. The largest absolute Gasteiger partial charge is 0.369 e. The second kappa shape index (κ2) is 5.35. The van der Waals surface area contributed by atoms with Gasteiger partial charge in [0, 0.05) is 5.56 Å². The normalized spacial score (nSPS) is 9.79. The van der Waals surface area contributed by atoms with Crippen LogP contribution in [0.15, 0.2) is 42.5 Å². The third-order valence-electron chi connectivity index (χ3n) is 1.68. The second-order valence-corrected chi connectivity index (χ2v) is 3.24. The Labute approximate surface area is 84.2 Å². The molecule has 0 heterocycles. The van der Waals surface area contributed by atoms with E-state index in [0.717, 1.165) is 5.57 Å². The van der Waals surface area contributed by atoms with Crippen molar-refractivity contribution in [3.8, 4) is 0 Å². The maximum Gasteiger partial charge on any atom is 0.188 e. The Balaban J connectivity index is 2.40. The lowest BCUT2D eigenvalue weighted by atomic mass is 10.1. The maximum atomic E-state index is 11.5. The summed E-state index contributed by atoms with van der Waals surface area (Å²) in [4.78, 5) is 11.5. The summed E-state index contributed by atoms with van der Waals surface area (Å²) in [7, 11) is 0. The first-order valence-corrected chi connectivity index (χ1v) is 4.50. The predicted octanol–water partition coefficient (Wildman–Crippen LogP) is 2.46. The lowest BCUT2D eigenvalue weighted by Gasteiger charge is -2.02. The van der Waals surface area contributed by atoms with Gasteiger partial charge < -0.3 is 4.74 Å². The number of carbonyl (C=O) groups excluding carboxylic acids is 1. The first kappa shape index (κ1) is 10.7. The Morgan fingerprint density at radius 1 is 1.29 bits per heavy atom. The van der Waals surface area contributed by atoms with Crippen molar-refractivity contribution >= 4 is 5.78 Å². The zero-order valence-electron chi connectivity index (χ0n) is 8.32. The summed E-state index contributed by atoms with van der Waals surface area (Å²) in [5.74, 6) is 0.00634. The van der Waals surface area contributed by atoms with Crippen LogP contribution >= 0.6 is 0 Å². The van der Waals surface area contributed by atoms with E-state index in [-0.39, 0.29) is 12.4 Å². The van der Waals surface area contributed by atoms with Crippen LogP contribution in [0.1, 0.15) is 17.3 Å². The molecule has 14 heavy (non-hydrogen) atoms. The molecule has 0 saturated heterocycles. The van der Waals surface area contributed by atoms with Crippen LogP contribution in [0.2, 0.25) is 0 Å². The molecule has 0 aliphatic heterocycles. The van der Waals surface area contributed by atoms with Crippen molar-refractivity contribution in [2.45, 2.75) is 6.92 Å². The second-order valence-electron chi connectivity index (χ2n) is 3.24. The number of benzene rings is 1. The molecule has 0 fully saturated rings. The Kier molecular flexibility index (Phi) is 4.08. The number of ketones is 1. The standard InChI is InChI=1S/C12H14O2/c1-10(2)8-14-9-12(13)11-6-4-3-5-7-11/h3-7H,1,8-9H2,2H3. The fourth-order valence-corrected chi connectivity index (χ4v) is 1.03. The summed E-state index contributed by atoms with van der Waals surface area (Å²) in [6.07, 6.45) is 0. The molecule has 0 unspecified atom stereocenters. The fourth-order valence-electron chi connectivity index (χ4n) is 1.03. The van der Waals surface area contributed by atoms with Crippen molar-refractivity contribution in [2.75, 3.05) is 13.2 Å². The summed E-state index contributed by atoms with van der Waals surface area (Å²) in [5.41, 5.74) is 1.61. The predicted molar refractivity (Wildman–Crippen MR) is 56.4 cm³/mol. The van der Waals surface area contributed by atoms with E-state index >= 15 is 0 Å². The van der Waals surface area contributed by atoms with E-state index in [1.807, 2.05) is 25.1 Å². The van der Waals surface area contributed by atoms with Gasteiger partial charge in [-0.2, -0.15) is 0 Å². The monoisotopic (exact) mass is 190 g/mol. The molecule has 0 aliphatic rings. The molecule has 0 aromatic heterocycles. The van der Waals surface area contributed by atoms with Crippen LogP contribution in [0.4, 0.5) is 0 Å². The van der Waals surface area contributed by atoms with Crippen molar-refractivity contribution in [2.24, 2.45) is 0 Å². The molecule has 1 aromatic rings. The molecule has 0 atom stereocenters. The van der Waals surface area contributed by atoms with E-state index in [1.54, 1.807) is 12.1 Å². The van der Waals surface area contributed by atoms with Gasteiger partial charge in [0.15, 0.2) is 5.78 Å². The summed E-state index contributed by atoms with van der Waals surface area (Å²) in [6.45, 7) is 6.12. The molecule has 0 bridgehead atoms. The van der Waals surface area contributed by atoms with Gasteiger partial charge in [-0.05, 0) is 6.92 Å². The van der Waals surface area contributed by atoms with Gasteiger partial charge in [-0.15, -0.1) is 0 Å². The molecule has 0 radical (unpaired) electrons. The minimum Gasteiger partial charge on any atom is -0.369 e. The highest BCUT2D eigenvalue weighted by Gasteiger charge is 2.03. The summed E-state index contributed by atoms with van der Waals surface area (Å²) in [6, 6.07) is 9.13. The number of ether oxygens (including phenoxy) is 1. The number of hydrogen-bond donors (Lipinski definition) is 0. The van der Waals surface area contributed by atoms with Gasteiger partial charge in [-0.3, -0.25) is 4.79 Å². The minimum absolute atomic E-state index is 0.00634. The van der Waals surface area contributed by atoms with Gasteiger partial charge in [-0.1, -0.05) is 42.5 Å². The Bertz CT molecular complexity index is 314. The van der Waals surface area contributed by atoms with Gasteiger partial charge in [-0.25, -0.2) is 0 Å². The van der Waals surface area contributed by atoms with Crippen LogP contribution in [0, 0.1) is 0 Å². The highest BCUT2D eigenvalue weighted by molar-refractivity contribution is 5.96. The molecular weight excluding hydrogens is 176 g/mol. The van der Waals surface area contributed by atoms with Gasteiger partial charge in [0.05, 0.1) is 6.61 Å². The molecule has 1 aromatic carbocycles. The molecule has 0 amide bonds. The van der Waals surface area contributed by atoms with E-state index in [4.69, 9.17) is 4.74 Å². The number of carbonyl (C=O) groups is 1. The smallest absolute Gasteiger partial charge is 0.188 e. The molecule has 2 heteroatoms. The molecule has 2 nitrogen and oxygen atoms in total. The van der Waals surface area contributed by atoms with E-state index in [1.165, 1.54) is 0 Å². The average molecular weight is 190 g/mol.